The largest absolute Gasteiger partial charge is 0.224 e. The van der Waals surface area contributed by atoms with Gasteiger partial charge in [-0.2, -0.15) is 0 Å². The van der Waals surface area contributed by atoms with Crippen LogP contribution in [0.25, 0.3) is 0 Å². The Hall–Kier alpha value is -0.970. The van der Waals surface area contributed by atoms with Crippen molar-refractivity contribution in [2.45, 2.75) is 30.1 Å². The van der Waals surface area contributed by atoms with Gasteiger partial charge in [0.1, 0.15) is 0 Å². The lowest BCUT2D eigenvalue weighted by Crippen LogP contribution is -2.23. The van der Waals surface area contributed by atoms with Crippen molar-refractivity contribution in [1.29, 1.82) is 0 Å². The van der Waals surface area contributed by atoms with Crippen LogP contribution >= 0.6 is 0 Å². The van der Waals surface area contributed by atoms with Crippen LogP contribution in [-0.2, 0) is 9.84 Å². The molecule has 0 aromatic heterocycles. The molecule has 1 heterocycles. The van der Waals surface area contributed by atoms with Gasteiger partial charge >= 0.3 is 0 Å². The van der Waals surface area contributed by atoms with Gasteiger partial charge in [0.25, 0.3) is 0 Å². The molecule has 5 heteroatoms. The van der Waals surface area contributed by atoms with Gasteiger partial charge in [0.2, 0.25) is 0 Å². The Morgan fingerprint density at radius 3 is 2.47 bits per heavy atom. The summed E-state index contributed by atoms with van der Waals surface area (Å²) in [6.07, 6.45) is 2.39. The highest BCUT2D eigenvalue weighted by molar-refractivity contribution is 7.91. The minimum absolute atomic E-state index is 0.000417. The summed E-state index contributed by atoms with van der Waals surface area (Å²) in [6.45, 7) is 0. The van der Waals surface area contributed by atoms with Gasteiger partial charge in [-0.05, 0) is 43.2 Å². The molecule has 0 bridgehead atoms. The summed E-state index contributed by atoms with van der Waals surface area (Å²) in [7, 11) is -3.43. The zero-order valence-corrected chi connectivity index (χ0v) is 9.93. The summed E-state index contributed by atoms with van der Waals surface area (Å²) in [5.41, 5.74) is 0.0961. The fourth-order valence-corrected chi connectivity index (χ4v) is 4.31. The highest BCUT2D eigenvalue weighted by Gasteiger charge is 2.41. The third-order valence-electron chi connectivity index (χ3n) is 3.69. The van der Waals surface area contributed by atoms with Crippen molar-refractivity contribution in [2.24, 2.45) is 5.92 Å². The number of halogens is 2. The van der Waals surface area contributed by atoms with E-state index in [0.717, 1.165) is 18.9 Å². The lowest BCUT2D eigenvalue weighted by atomic mass is 9.90. The van der Waals surface area contributed by atoms with Crippen molar-refractivity contribution in [2.75, 3.05) is 5.75 Å². The molecule has 0 saturated heterocycles. The van der Waals surface area contributed by atoms with Crippen molar-refractivity contribution >= 4 is 9.84 Å². The van der Waals surface area contributed by atoms with Crippen LogP contribution in [0.5, 0.6) is 0 Å². The summed E-state index contributed by atoms with van der Waals surface area (Å²) in [5, 5.41) is 0. The van der Waals surface area contributed by atoms with E-state index in [0.29, 0.717) is 12.3 Å². The molecule has 0 spiro atoms. The predicted octanol–water partition coefficient (Wildman–Crippen LogP) is 2.64. The molecule has 92 valence electrons. The van der Waals surface area contributed by atoms with Crippen molar-refractivity contribution in [1.82, 2.24) is 0 Å². The van der Waals surface area contributed by atoms with Crippen LogP contribution in [0.15, 0.2) is 17.0 Å². The van der Waals surface area contributed by atoms with Crippen molar-refractivity contribution in [3.63, 3.8) is 0 Å². The molecule has 0 amide bonds. The number of hydrogen-bond donors (Lipinski definition) is 0. The van der Waals surface area contributed by atoms with Crippen LogP contribution in [0.1, 0.15) is 30.7 Å². The molecule has 0 radical (unpaired) electrons. The van der Waals surface area contributed by atoms with Crippen LogP contribution in [0.3, 0.4) is 0 Å². The van der Waals surface area contributed by atoms with E-state index in [1.165, 1.54) is 6.07 Å². The Morgan fingerprint density at radius 2 is 1.82 bits per heavy atom. The van der Waals surface area contributed by atoms with E-state index in [-0.39, 0.29) is 22.1 Å². The molecule has 1 unspecified atom stereocenters. The Morgan fingerprint density at radius 1 is 1.12 bits per heavy atom. The standard InChI is InChI=1S/C12H12F2O2S/c13-9-3-4-10-11(12(9)14)8(7-1-2-7)5-6-17(10,15)16/h3-4,7-8H,1-2,5-6H2. The first-order valence-electron chi connectivity index (χ1n) is 5.71. The van der Waals surface area contributed by atoms with Crippen molar-refractivity contribution in [3.8, 4) is 0 Å². The maximum atomic E-state index is 13.8. The molecule has 3 rings (SSSR count). The Labute approximate surface area is 98.6 Å². The lowest BCUT2D eigenvalue weighted by molar-refractivity contribution is 0.455. The monoisotopic (exact) mass is 258 g/mol. The lowest BCUT2D eigenvalue weighted by Gasteiger charge is -2.25. The number of fused-ring (bicyclic) bond motifs is 1. The average Bonchev–Trinajstić information content (AvgIpc) is 3.07. The quantitative estimate of drug-likeness (QED) is 0.726. The van der Waals surface area contributed by atoms with Crippen molar-refractivity contribution < 1.29 is 17.2 Å². The minimum atomic E-state index is -3.43. The molecular weight excluding hydrogens is 246 g/mol. The highest BCUT2D eigenvalue weighted by Crippen LogP contribution is 2.49. The maximum Gasteiger partial charge on any atom is 0.178 e. The SMILES string of the molecule is O=S1(=O)CCC(C2CC2)c2c1ccc(F)c2F. The first-order chi connectivity index (χ1) is 8.00. The van der Waals surface area contributed by atoms with Crippen LogP contribution < -0.4 is 0 Å². The number of hydrogen-bond acceptors (Lipinski definition) is 2. The summed E-state index contributed by atoms with van der Waals surface area (Å²) in [5.74, 6) is -1.66. The van der Waals surface area contributed by atoms with E-state index >= 15 is 0 Å². The van der Waals surface area contributed by atoms with E-state index in [1.54, 1.807) is 0 Å². The second-order valence-electron chi connectivity index (χ2n) is 4.82. The molecular formula is C12H12F2O2S. The van der Waals surface area contributed by atoms with Gasteiger partial charge < -0.3 is 0 Å². The molecule has 0 N–H and O–H groups in total. The van der Waals surface area contributed by atoms with Gasteiger partial charge in [-0.25, -0.2) is 17.2 Å². The topological polar surface area (TPSA) is 34.1 Å². The van der Waals surface area contributed by atoms with Crippen molar-refractivity contribution in [3.05, 3.63) is 29.3 Å². The van der Waals surface area contributed by atoms with E-state index in [1.807, 2.05) is 0 Å². The Kier molecular flexibility index (Phi) is 2.30. The average molecular weight is 258 g/mol. The zero-order valence-electron chi connectivity index (χ0n) is 9.12. The predicted molar refractivity (Wildman–Crippen MR) is 58.5 cm³/mol. The Bertz CT molecular complexity index is 576. The highest BCUT2D eigenvalue weighted by atomic mass is 32.2. The molecule has 2 nitrogen and oxygen atoms in total. The molecule has 1 aliphatic heterocycles. The third-order valence-corrected chi connectivity index (χ3v) is 5.49. The van der Waals surface area contributed by atoms with E-state index in [9.17, 15) is 17.2 Å². The van der Waals surface area contributed by atoms with E-state index in [4.69, 9.17) is 0 Å². The van der Waals surface area contributed by atoms with Crippen LogP contribution in [0.2, 0.25) is 0 Å². The van der Waals surface area contributed by atoms with E-state index in [2.05, 4.69) is 0 Å². The fraction of sp³-hybridized carbons (Fsp3) is 0.500. The molecule has 1 atom stereocenters. The number of sulfone groups is 1. The Balaban J connectivity index is 2.25. The van der Waals surface area contributed by atoms with Gasteiger partial charge in [-0.1, -0.05) is 0 Å². The molecule has 17 heavy (non-hydrogen) atoms. The summed E-state index contributed by atoms with van der Waals surface area (Å²) >= 11 is 0. The normalized spacial score (nSPS) is 26.6. The molecule has 2 aliphatic rings. The molecule has 1 aromatic rings. The fourth-order valence-electron chi connectivity index (χ4n) is 2.67. The first-order valence-corrected chi connectivity index (χ1v) is 7.36. The second kappa shape index (κ2) is 3.51. The molecule has 1 fully saturated rings. The van der Waals surface area contributed by atoms with Crippen LogP contribution in [0.4, 0.5) is 8.78 Å². The zero-order chi connectivity index (χ0) is 12.2. The summed E-state index contributed by atoms with van der Waals surface area (Å²) in [4.78, 5) is -0.000417. The summed E-state index contributed by atoms with van der Waals surface area (Å²) < 4.78 is 50.7. The molecule has 1 aromatic carbocycles. The number of rotatable bonds is 1. The number of benzene rings is 1. The van der Waals surface area contributed by atoms with Gasteiger partial charge in [-0.3, -0.25) is 0 Å². The smallest absolute Gasteiger partial charge is 0.178 e. The molecule has 1 saturated carbocycles. The second-order valence-corrected chi connectivity index (χ2v) is 6.90. The van der Waals surface area contributed by atoms with E-state index < -0.39 is 21.5 Å². The third kappa shape index (κ3) is 1.68. The van der Waals surface area contributed by atoms with Gasteiger partial charge in [-0.15, -0.1) is 0 Å². The van der Waals surface area contributed by atoms with Gasteiger partial charge in [0.05, 0.1) is 10.6 Å². The molecule has 1 aliphatic carbocycles. The maximum absolute atomic E-state index is 13.8. The minimum Gasteiger partial charge on any atom is -0.224 e. The van der Waals surface area contributed by atoms with Crippen LogP contribution in [-0.4, -0.2) is 14.2 Å². The summed E-state index contributed by atoms with van der Waals surface area (Å²) in [6, 6.07) is 2.11. The first kappa shape index (κ1) is 11.1. The van der Waals surface area contributed by atoms with Gasteiger partial charge in [0, 0.05) is 5.56 Å². The van der Waals surface area contributed by atoms with Crippen LogP contribution in [0, 0.1) is 17.6 Å². The van der Waals surface area contributed by atoms with Gasteiger partial charge in [0.15, 0.2) is 21.5 Å².